The van der Waals surface area contributed by atoms with Gasteiger partial charge in [-0.15, -0.1) is 11.3 Å². The van der Waals surface area contributed by atoms with E-state index in [1.54, 1.807) is 30.3 Å². The number of carbonyl (C=O) groups is 1. The van der Waals surface area contributed by atoms with Crippen molar-refractivity contribution in [3.8, 4) is 0 Å². The standard InChI is InChI=1S/C17H28N4O2S/c1-13-15(24-12-18-13)11-21-7-5-17(6-8-21)10-14(4-9-23-17)19-16(22)20(2)3/h12,14H,4-11H2,1-3H3,(H,19,22)/t14-/m0/s1. The number of rotatable bonds is 3. The number of likely N-dealkylation sites (tertiary alicyclic amines) is 1. The van der Waals surface area contributed by atoms with E-state index in [2.05, 4.69) is 22.1 Å². The van der Waals surface area contributed by atoms with Crippen molar-refractivity contribution in [2.45, 2.75) is 50.8 Å². The molecule has 0 unspecified atom stereocenters. The Bertz CT molecular complexity index is 567. The van der Waals surface area contributed by atoms with Crippen LogP contribution in [0.1, 0.15) is 36.3 Å². The van der Waals surface area contributed by atoms with Gasteiger partial charge >= 0.3 is 6.03 Å². The van der Waals surface area contributed by atoms with Crippen LogP contribution in [0, 0.1) is 6.92 Å². The van der Waals surface area contributed by atoms with E-state index >= 15 is 0 Å². The molecule has 3 rings (SSSR count). The third-order valence-corrected chi connectivity index (χ3v) is 6.13. The maximum absolute atomic E-state index is 11.9. The second-order valence-corrected chi connectivity index (χ2v) is 8.14. The normalized spacial score (nSPS) is 24.0. The molecular weight excluding hydrogens is 324 g/mol. The van der Waals surface area contributed by atoms with Crippen molar-refractivity contribution in [3.63, 3.8) is 0 Å². The van der Waals surface area contributed by atoms with E-state index in [-0.39, 0.29) is 17.7 Å². The summed E-state index contributed by atoms with van der Waals surface area (Å²) in [6, 6.07) is 0.221. The molecule has 7 heteroatoms. The molecule has 2 aliphatic rings. The zero-order valence-corrected chi connectivity index (χ0v) is 15.7. The molecule has 6 nitrogen and oxygen atoms in total. The molecule has 2 fully saturated rings. The molecule has 1 aromatic heterocycles. The average molecular weight is 353 g/mol. The van der Waals surface area contributed by atoms with E-state index in [9.17, 15) is 4.79 Å². The number of hydrogen-bond acceptors (Lipinski definition) is 5. The van der Waals surface area contributed by atoms with Crippen LogP contribution >= 0.6 is 11.3 Å². The predicted molar refractivity (Wildman–Crippen MR) is 95.3 cm³/mol. The van der Waals surface area contributed by atoms with Crippen LogP contribution in [0.5, 0.6) is 0 Å². The first-order chi connectivity index (χ1) is 11.5. The van der Waals surface area contributed by atoms with Gasteiger partial charge in [-0.05, 0) is 32.6 Å². The topological polar surface area (TPSA) is 57.7 Å². The summed E-state index contributed by atoms with van der Waals surface area (Å²) in [7, 11) is 3.56. The highest BCUT2D eigenvalue weighted by Crippen LogP contribution is 2.35. The molecule has 2 saturated heterocycles. The summed E-state index contributed by atoms with van der Waals surface area (Å²) in [4.78, 5) is 21.7. The lowest BCUT2D eigenvalue weighted by Crippen LogP contribution is -2.54. The number of amides is 2. The first kappa shape index (κ1) is 17.6. The summed E-state index contributed by atoms with van der Waals surface area (Å²) in [6.07, 6.45) is 3.92. The quantitative estimate of drug-likeness (QED) is 0.906. The Morgan fingerprint density at radius 3 is 2.88 bits per heavy atom. The van der Waals surface area contributed by atoms with Crippen LogP contribution in [0.3, 0.4) is 0 Å². The maximum atomic E-state index is 11.9. The minimum atomic E-state index is -0.0538. The fourth-order valence-electron chi connectivity index (χ4n) is 3.60. The molecule has 0 saturated carbocycles. The number of nitrogens with zero attached hydrogens (tertiary/aromatic N) is 3. The van der Waals surface area contributed by atoms with E-state index in [0.717, 1.165) is 57.6 Å². The maximum Gasteiger partial charge on any atom is 0.317 e. The highest BCUT2D eigenvalue weighted by atomic mass is 32.1. The molecule has 2 aliphatic heterocycles. The first-order valence-electron chi connectivity index (χ1n) is 8.70. The van der Waals surface area contributed by atoms with Gasteiger partial charge in [0.15, 0.2) is 0 Å². The smallest absolute Gasteiger partial charge is 0.317 e. The number of piperidine rings is 1. The van der Waals surface area contributed by atoms with Gasteiger partial charge in [0.2, 0.25) is 0 Å². The minimum absolute atomic E-state index is 0.00448. The number of urea groups is 1. The minimum Gasteiger partial charge on any atom is -0.375 e. The van der Waals surface area contributed by atoms with E-state index in [0.29, 0.717) is 0 Å². The predicted octanol–water partition coefficient (Wildman–Crippen LogP) is 2.24. The Morgan fingerprint density at radius 1 is 1.50 bits per heavy atom. The summed E-state index contributed by atoms with van der Waals surface area (Å²) in [5.41, 5.74) is 3.03. The molecule has 2 amide bonds. The Kier molecular flexibility index (Phi) is 5.42. The first-order valence-corrected chi connectivity index (χ1v) is 9.58. The zero-order chi connectivity index (χ0) is 17.2. The van der Waals surface area contributed by atoms with Crippen LogP contribution < -0.4 is 5.32 Å². The van der Waals surface area contributed by atoms with Gasteiger partial charge in [0.05, 0.1) is 16.8 Å². The van der Waals surface area contributed by atoms with Crippen molar-refractivity contribution in [1.82, 2.24) is 20.1 Å². The van der Waals surface area contributed by atoms with Crippen molar-refractivity contribution in [1.29, 1.82) is 0 Å². The molecule has 0 aromatic carbocycles. The summed E-state index contributed by atoms with van der Waals surface area (Å²) < 4.78 is 6.18. The van der Waals surface area contributed by atoms with Gasteiger partial charge < -0.3 is 15.0 Å². The molecule has 0 aliphatic carbocycles. The lowest BCUT2D eigenvalue weighted by Gasteiger charge is -2.46. The fraction of sp³-hybridized carbons (Fsp3) is 0.765. The number of aromatic nitrogens is 1. The molecule has 1 spiro atoms. The fourth-order valence-corrected chi connectivity index (χ4v) is 4.42. The Balaban J connectivity index is 1.52. The molecular formula is C17H28N4O2S. The van der Waals surface area contributed by atoms with Gasteiger partial charge in [0.1, 0.15) is 0 Å². The van der Waals surface area contributed by atoms with Crippen LogP contribution in [0.4, 0.5) is 4.79 Å². The van der Waals surface area contributed by atoms with Gasteiger partial charge in [-0.1, -0.05) is 0 Å². The molecule has 1 atom stereocenters. The van der Waals surface area contributed by atoms with Crippen molar-refractivity contribution >= 4 is 17.4 Å². The lowest BCUT2D eigenvalue weighted by molar-refractivity contribution is -0.119. The van der Waals surface area contributed by atoms with Crippen LogP contribution in [0.25, 0.3) is 0 Å². The van der Waals surface area contributed by atoms with Crippen molar-refractivity contribution in [3.05, 3.63) is 16.1 Å². The zero-order valence-electron chi connectivity index (χ0n) is 14.9. The second kappa shape index (κ2) is 7.37. The summed E-state index contributed by atoms with van der Waals surface area (Å²) in [5.74, 6) is 0. The van der Waals surface area contributed by atoms with E-state index in [1.807, 2.05) is 5.51 Å². The number of thiazole rings is 1. The monoisotopic (exact) mass is 352 g/mol. The molecule has 3 heterocycles. The highest BCUT2D eigenvalue weighted by molar-refractivity contribution is 7.09. The second-order valence-electron chi connectivity index (χ2n) is 7.20. The van der Waals surface area contributed by atoms with Crippen molar-refractivity contribution in [2.24, 2.45) is 0 Å². The summed E-state index contributed by atoms with van der Waals surface area (Å²) in [6.45, 7) is 5.91. The van der Waals surface area contributed by atoms with Crippen molar-refractivity contribution < 1.29 is 9.53 Å². The van der Waals surface area contributed by atoms with Gasteiger partial charge in [-0.2, -0.15) is 0 Å². The Labute approximate surface area is 148 Å². The van der Waals surface area contributed by atoms with Crippen LogP contribution in [-0.2, 0) is 11.3 Å². The number of hydrogen-bond donors (Lipinski definition) is 1. The molecule has 1 N–H and O–H groups in total. The average Bonchev–Trinajstić information content (AvgIpc) is 2.95. The third kappa shape index (κ3) is 4.07. The summed E-state index contributed by atoms with van der Waals surface area (Å²) >= 11 is 1.74. The van der Waals surface area contributed by atoms with Gasteiger partial charge in [0, 0.05) is 51.3 Å². The number of aryl methyl sites for hydroxylation is 1. The number of carbonyl (C=O) groups excluding carboxylic acids is 1. The SMILES string of the molecule is Cc1ncsc1CN1CCC2(CC1)C[C@@H](NC(=O)N(C)C)CCO2. The van der Waals surface area contributed by atoms with Crippen LogP contribution in [0.15, 0.2) is 5.51 Å². The van der Waals surface area contributed by atoms with E-state index in [1.165, 1.54) is 4.88 Å². The molecule has 134 valence electrons. The van der Waals surface area contributed by atoms with Crippen LogP contribution in [0.2, 0.25) is 0 Å². The Morgan fingerprint density at radius 2 is 2.25 bits per heavy atom. The molecule has 24 heavy (non-hydrogen) atoms. The van der Waals surface area contributed by atoms with E-state index in [4.69, 9.17) is 4.74 Å². The highest BCUT2D eigenvalue weighted by Gasteiger charge is 2.40. The van der Waals surface area contributed by atoms with E-state index < -0.39 is 0 Å². The summed E-state index contributed by atoms with van der Waals surface area (Å²) in [5, 5.41) is 3.13. The lowest BCUT2D eigenvalue weighted by atomic mass is 9.82. The molecule has 0 radical (unpaired) electrons. The molecule has 0 bridgehead atoms. The molecule has 1 aromatic rings. The van der Waals surface area contributed by atoms with Gasteiger partial charge in [-0.25, -0.2) is 9.78 Å². The number of nitrogens with one attached hydrogen (secondary N) is 1. The Hall–Kier alpha value is -1.18. The van der Waals surface area contributed by atoms with Gasteiger partial charge in [-0.3, -0.25) is 4.90 Å². The third-order valence-electron chi connectivity index (χ3n) is 5.21. The van der Waals surface area contributed by atoms with Crippen LogP contribution in [-0.4, -0.2) is 66.2 Å². The largest absolute Gasteiger partial charge is 0.375 e. The van der Waals surface area contributed by atoms with Gasteiger partial charge in [0.25, 0.3) is 0 Å². The number of ether oxygens (including phenoxy) is 1. The van der Waals surface area contributed by atoms with Crippen molar-refractivity contribution in [2.75, 3.05) is 33.8 Å².